The van der Waals surface area contributed by atoms with Crippen molar-refractivity contribution in [2.24, 2.45) is 0 Å². The molecule has 0 radical (unpaired) electrons. The Morgan fingerprint density at radius 2 is 1.85 bits per heavy atom. The van der Waals surface area contributed by atoms with Crippen LogP contribution in [0.4, 0.5) is 17.3 Å². The second-order valence-corrected chi connectivity index (χ2v) is 6.60. The molecule has 0 bridgehead atoms. The Morgan fingerprint density at radius 3 is 2.70 bits per heavy atom. The van der Waals surface area contributed by atoms with Gasteiger partial charge in [-0.1, -0.05) is 48.5 Å². The predicted octanol–water partition coefficient (Wildman–Crippen LogP) is 4.29. The SMILES string of the molecule is COCCCNc1cc(N2CCc3ccccc32)nc(-c2ccccc2)n1. The second-order valence-electron chi connectivity index (χ2n) is 6.60. The summed E-state index contributed by atoms with van der Waals surface area (Å²) in [6.45, 7) is 2.48. The molecule has 1 aromatic heterocycles. The number of rotatable bonds is 7. The average molecular weight is 360 g/mol. The molecule has 1 aliphatic rings. The van der Waals surface area contributed by atoms with Crippen LogP contribution in [0.1, 0.15) is 12.0 Å². The lowest BCUT2D eigenvalue weighted by Gasteiger charge is -2.20. The van der Waals surface area contributed by atoms with Crippen LogP contribution in [-0.4, -0.2) is 36.8 Å². The summed E-state index contributed by atoms with van der Waals surface area (Å²) < 4.78 is 5.14. The number of methoxy groups -OCH3 is 1. The molecule has 2 aromatic carbocycles. The number of nitrogens with one attached hydrogen (secondary N) is 1. The first-order chi connectivity index (χ1) is 13.3. The summed E-state index contributed by atoms with van der Waals surface area (Å²) in [4.78, 5) is 11.9. The number of fused-ring (bicyclic) bond motifs is 1. The second kappa shape index (κ2) is 8.18. The summed E-state index contributed by atoms with van der Waals surface area (Å²) >= 11 is 0. The quantitative estimate of drug-likeness (QED) is 0.637. The lowest BCUT2D eigenvalue weighted by atomic mass is 10.2. The molecule has 5 nitrogen and oxygen atoms in total. The van der Waals surface area contributed by atoms with Crippen molar-refractivity contribution in [1.82, 2.24) is 9.97 Å². The van der Waals surface area contributed by atoms with Crippen molar-refractivity contribution >= 4 is 17.3 Å². The summed E-state index contributed by atoms with van der Waals surface area (Å²) in [5.74, 6) is 2.52. The summed E-state index contributed by atoms with van der Waals surface area (Å²) in [7, 11) is 1.72. The fourth-order valence-corrected chi connectivity index (χ4v) is 3.39. The minimum Gasteiger partial charge on any atom is -0.385 e. The average Bonchev–Trinajstić information content (AvgIpc) is 3.16. The van der Waals surface area contributed by atoms with E-state index in [0.717, 1.165) is 55.6 Å². The molecule has 0 saturated carbocycles. The van der Waals surface area contributed by atoms with E-state index in [4.69, 9.17) is 14.7 Å². The molecule has 2 heterocycles. The number of anilines is 3. The summed E-state index contributed by atoms with van der Waals surface area (Å²) in [5, 5.41) is 3.42. The Labute approximate surface area is 160 Å². The van der Waals surface area contributed by atoms with Crippen LogP contribution in [0, 0.1) is 0 Å². The molecule has 0 atom stereocenters. The fourth-order valence-electron chi connectivity index (χ4n) is 3.39. The van der Waals surface area contributed by atoms with Crippen LogP contribution in [-0.2, 0) is 11.2 Å². The van der Waals surface area contributed by atoms with Crippen LogP contribution in [0.2, 0.25) is 0 Å². The largest absolute Gasteiger partial charge is 0.385 e. The van der Waals surface area contributed by atoms with Gasteiger partial charge >= 0.3 is 0 Å². The van der Waals surface area contributed by atoms with Gasteiger partial charge in [0.2, 0.25) is 0 Å². The minimum atomic E-state index is 0.732. The molecular formula is C22H24N4O. The third kappa shape index (κ3) is 3.93. The molecule has 5 heteroatoms. The van der Waals surface area contributed by atoms with Crippen molar-refractivity contribution in [1.29, 1.82) is 0 Å². The van der Waals surface area contributed by atoms with E-state index in [1.165, 1.54) is 11.3 Å². The van der Waals surface area contributed by atoms with Gasteiger partial charge < -0.3 is 15.0 Å². The maximum atomic E-state index is 5.14. The van der Waals surface area contributed by atoms with Gasteiger partial charge in [0, 0.05) is 44.1 Å². The number of hydrogen-bond donors (Lipinski definition) is 1. The molecule has 1 N–H and O–H groups in total. The Hall–Kier alpha value is -2.92. The van der Waals surface area contributed by atoms with Gasteiger partial charge in [-0.25, -0.2) is 9.97 Å². The third-order valence-corrected chi connectivity index (χ3v) is 4.74. The zero-order valence-corrected chi connectivity index (χ0v) is 15.6. The van der Waals surface area contributed by atoms with Crippen LogP contribution in [0.15, 0.2) is 60.7 Å². The molecule has 27 heavy (non-hydrogen) atoms. The van der Waals surface area contributed by atoms with Crippen LogP contribution in [0.3, 0.4) is 0 Å². The van der Waals surface area contributed by atoms with E-state index in [0.29, 0.717) is 0 Å². The normalized spacial score (nSPS) is 12.9. The molecule has 3 aromatic rings. The van der Waals surface area contributed by atoms with Gasteiger partial charge in [-0.3, -0.25) is 0 Å². The smallest absolute Gasteiger partial charge is 0.163 e. The van der Waals surface area contributed by atoms with E-state index in [1.54, 1.807) is 7.11 Å². The fraction of sp³-hybridized carbons (Fsp3) is 0.273. The lowest BCUT2D eigenvalue weighted by molar-refractivity contribution is 0.198. The first-order valence-corrected chi connectivity index (χ1v) is 9.38. The van der Waals surface area contributed by atoms with Gasteiger partial charge in [0.05, 0.1) is 0 Å². The number of benzene rings is 2. The van der Waals surface area contributed by atoms with E-state index < -0.39 is 0 Å². The Balaban J connectivity index is 1.68. The number of aromatic nitrogens is 2. The highest BCUT2D eigenvalue weighted by Gasteiger charge is 2.22. The molecule has 1 aliphatic heterocycles. The van der Waals surface area contributed by atoms with Crippen molar-refractivity contribution in [3.05, 3.63) is 66.2 Å². The standard InChI is InChI=1S/C22H24N4O/c1-27-15-7-13-23-20-16-21(25-22(24-20)18-9-3-2-4-10-18)26-14-12-17-8-5-6-11-19(17)26/h2-6,8-11,16H,7,12-15H2,1H3,(H,23,24,25). The molecular weight excluding hydrogens is 336 g/mol. The highest BCUT2D eigenvalue weighted by molar-refractivity contribution is 5.71. The number of ether oxygens (including phenoxy) is 1. The molecule has 0 fully saturated rings. The molecule has 138 valence electrons. The van der Waals surface area contributed by atoms with Crippen molar-refractivity contribution in [2.75, 3.05) is 37.0 Å². The zero-order chi connectivity index (χ0) is 18.5. The minimum absolute atomic E-state index is 0.732. The maximum Gasteiger partial charge on any atom is 0.163 e. The molecule has 0 unspecified atom stereocenters. The van der Waals surface area contributed by atoms with Crippen molar-refractivity contribution in [3.63, 3.8) is 0 Å². The number of hydrogen-bond acceptors (Lipinski definition) is 5. The summed E-state index contributed by atoms with van der Waals surface area (Å²) in [5.41, 5.74) is 3.62. The summed E-state index contributed by atoms with van der Waals surface area (Å²) in [6.07, 6.45) is 1.97. The lowest BCUT2D eigenvalue weighted by Crippen LogP contribution is -2.16. The van der Waals surface area contributed by atoms with Gasteiger partial charge in [-0.15, -0.1) is 0 Å². The third-order valence-electron chi connectivity index (χ3n) is 4.74. The highest BCUT2D eigenvalue weighted by Crippen LogP contribution is 2.34. The predicted molar refractivity (Wildman–Crippen MR) is 110 cm³/mol. The van der Waals surface area contributed by atoms with Crippen molar-refractivity contribution in [2.45, 2.75) is 12.8 Å². The van der Waals surface area contributed by atoms with Crippen LogP contribution in [0.5, 0.6) is 0 Å². The van der Waals surface area contributed by atoms with Crippen molar-refractivity contribution < 1.29 is 4.74 Å². The Kier molecular flexibility index (Phi) is 5.30. The van der Waals surface area contributed by atoms with Gasteiger partial charge in [0.15, 0.2) is 5.82 Å². The topological polar surface area (TPSA) is 50.3 Å². The molecule has 0 aliphatic carbocycles. The maximum absolute atomic E-state index is 5.14. The van der Waals surface area contributed by atoms with Crippen LogP contribution >= 0.6 is 0 Å². The molecule has 0 amide bonds. The highest BCUT2D eigenvalue weighted by atomic mass is 16.5. The van der Waals surface area contributed by atoms with Gasteiger partial charge in [0.25, 0.3) is 0 Å². The Bertz CT molecular complexity index is 898. The number of nitrogens with zero attached hydrogens (tertiary/aromatic N) is 3. The van der Waals surface area contributed by atoms with Crippen molar-refractivity contribution in [3.8, 4) is 11.4 Å². The molecule has 0 spiro atoms. The van der Waals surface area contributed by atoms with E-state index in [1.807, 2.05) is 36.4 Å². The molecule has 0 saturated heterocycles. The van der Waals surface area contributed by atoms with Gasteiger partial charge in [-0.2, -0.15) is 0 Å². The van der Waals surface area contributed by atoms with Crippen LogP contribution < -0.4 is 10.2 Å². The summed E-state index contributed by atoms with van der Waals surface area (Å²) in [6, 6.07) is 20.7. The van der Waals surface area contributed by atoms with Gasteiger partial charge in [0.1, 0.15) is 11.6 Å². The monoisotopic (exact) mass is 360 g/mol. The number of para-hydroxylation sites is 1. The van der Waals surface area contributed by atoms with E-state index in [9.17, 15) is 0 Å². The first kappa shape index (κ1) is 17.5. The molecule has 4 rings (SSSR count). The van der Waals surface area contributed by atoms with E-state index >= 15 is 0 Å². The van der Waals surface area contributed by atoms with Crippen LogP contribution in [0.25, 0.3) is 11.4 Å². The van der Waals surface area contributed by atoms with E-state index in [-0.39, 0.29) is 0 Å². The first-order valence-electron chi connectivity index (χ1n) is 9.38. The van der Waals surface area contributed by atoms with Gasteiger partial charge in [-0.05, 0) is 24.5 Å². The zero-order valence-electron chi connectivity index (χ0n) is 15.6. The van der Waals surface area contributed by atoms with E-state index in [2.05, 4.69) is 34.5 Å². The Morgan fingerprint density at radius 1 is 1.04 bits per heavy atom.